The maximum atomic E-state index is 13.9. The fourth-order valence-corrected chi connectivity index (χ4v) is 3.06. The molecule has 1 N–H and O–H groups in total. The first-order valence-electron chi connectivity index (χ1n) is 8.99. The Kier molecular flexibility index (Phi) is 5.11. The van der Waals surface area contributed by atoms with Gasteiger partial charge >= 0.3 is 0 Å². The molecule has 6 nitrogen and oxygen atoms in total. The van der Waals surface area contributed by atoms with Gasteiger partial charge in [0.25, 0.3) is 0 Å². The smallest absolute Gasteiger partial charge is 0.241 e. The number of nitrogens with one attached hydrogen (secondary N) is 1. The standard InChI is InChI=1S/C22H17FN4O2/c1-14-6-2-4-8-16(14)21-20(18-10-11-24-13-25-18)22(29-27-21)26-19(28)12-15-7-3-5-9-17(15)23/h2-11,13H,12H2,1H3,(H,26,28). The van der Waals surface area contributed by atoms with Crippen molar-refractivity contribution in [3.05, 3.63) is 84.1 Å². The van der Waals surface area contributed by atoms with E-state index in [9.17, 15) is 9.18 Å². The van der Waals surface area contributed by atoms with Crippen LogP contribution < -0.4 is 5.32 Å². The summed E-state index contributed by atoms with van der Waals surface area (Å²) in [6.45, 7) is 1.96. The van der Waals surface area contributed by atoms with Crippen molar-refractivity contribution < 1.29 is 13.7 Å². The molecule has 0 saturated carbocycles. The molecule has 0 aliphatic rings. The first-order valence-corrected chi connectivity index (χ1v) is 8.99. The lowest BCUT2D eigenvalue weighted by molar-refractivity contribution is -0.115. The quantitative estimate of drug-likeness (QED) is 0.547. The molecule has 144 valence electrons. The maximum absolute atomic E-state index is 13.9. The lowest BCUT2D eigenvalue weighted by Gasteiger charge is -2.07. The normalized spacial score (nSPS) is 10.7. The molecular weight excluding hydrogens is 371 g/mol. The molecule has 0 fully saturated rings. The summed E-state index contributed by atoms with van der Waals surface area (Å²) in [5.74, 6) is -0.696. The Bertz CT molecular complexity index is 1160. The Morgan fingerprint density at radius 3 is 2.66 bits per heavy atom. The van der Waals surface area contributed by atoms with Crippen molar-refractivity contribution in [2.75, 3.05) is 5.32 Å². The monoisotopic (exact) mass is 388 g/mol. The zero-order valence-corrected chi connectivity index (χ0v) is 15.6. The number of nitrogens with zero attached hydrogens (tertiary/aromatic N) is 3. The summed E-state index contributed by atoms with van der Waals surface area (Å²) < 4.78 is 19.3. The first-order chi connectivity index (χ1) is 14.1. The molecule has 7 heteroatoms. The summed E-state index contributed by atoms with van der Waals surface area (Å²) in [6.07, 6.45) is 2.88. The van der Waals surface area contributed by atoms with Crippen LogP contribution in [-0.2, 0) is 11.2 Å². The number of aromatic nitrogens is 3. The minimum atomic E-state index is -0.433. The fourth-order valence-electron chi connectivity index (χ4n) is 3.06. The highest BCUT2D eigenvalue weighted by molar-refractivity contribution is 5.97. The second kappa shape index (κ2) is 8.02. The molecular formula is C22H17FN4O2. The fraction of sp³-hybridized carbons (Fsp3) is 0.0909. The van der Waals surface area contributed by atoms with Crippen molar-refractivity contribution >= 4 is 11.8 Å². The van der Waals surface area contributed by atoms with E-state index in [1.807, 2.05) is 31.2 Å². The molecule has 0 bridgehead atoms. The number of benzene rings is 2. The molecule has 0 aliphatic carbocycles. The van der Waals surface area contributed by atoms with Crippen molar-refractivity contribution in [2.24, 2.45) is 0 Å². The van der Waals surface area contributed by atoms with E-state index in [4.69, 9.17) is 4.52 Å². The van der Waals surface area contributed by atoms with Crippen LogP contribution in [0.2, 0.25) is 0 Å². The van der Waals surface area contributed by atoms with Crippen LogP contribution >= 0.6 is 0 Å². The molecule has 2 aromatic carbocycles. The van der Waals surface area contributed by atoms with Crippen molar-refractivity contribution in [3.8, 4) is 22.5 Å². The SMILES string of the molecule is Cc1ccccc1-c1noc(NC(=O)Cc2ccccc2F)c1-c1ccncn1. The molecule has 4 aromatic rings. The predicted octanol–water partition coefficient (Wildman–Crippen LogP) is 4.43. The van der Waals surface area contributed by atoms with Crippen LogP contribution in [0.1, 0.15) is 11.1 Å². The Labute approximate surface area is 166 Å². The van der Waals surface area contributed by atoms with E-state index in [0.29, 0.717) is 22.5 Å². The molecule has 1 amide bonds. The van der Waals surface area contributed by atoms with Crippen LogP contribution in [0.3, 0.4) is 0 Å². The summed E-state index contributed by atoms with van der Waals surface area (Å²) >= 11 is 0. The van der Waals surface area contributed by atoms with E-state index in [0.717, 1.165) is 11.1 Å². The van der Waals surface area contributed by atoms with Gasteiger partial charge in [-0.25, -0.2) is 14.4 Å². The molecule has 0 spiro atoms. The molecule has 29 heavy (non-hydrogen) atoms. The van der Waals surface area contributed by atoms with Gasteiger partial charge < -0.3 is 4.52 Å². The first kappa shape index (κ1) is 18.5. The van der Waals surface area contributed by atoms with Gasteiger partial charge in [-0.2, -0.15) is 0 Å². The summed E-state index contributed by atoms with van der Waals surface area (Å²) in [4.78, 5) is 20.8. The van der Waals surface area contributed by atoms with Gasteiger partial charge in [0.1, 0.15) is 17.8 Å². The highest BCUT2D eigenvalue weighted by Gasteiger charge is 2.23. The molecule has 0 atom stereocenters. The number of carbonyl (C=O) groups is 1. The van der Waals surface area contributed by atoms with E-state index >= 15 is 0 Å². The molecule has 4 rings (SSSR count). The molecule has 0 saturated heterocycles. The molecule has 0 unspecified atom stereocenters. The number of anilines is 1. The number of rotatable bonds is 5. The van der Waals surface area contributed by atoms with Crippen LogP contribution in [0.4, 0.5) is 10.3 Å². The van der Waals surface area contributed by atoms with Crippen LogP contribution in [0.5, 0.6) is 0 Å². The van der Waals surface area contributed by atoms with Crippen molar-refractivity contribution in [1.82, 2.24) is 15.1 Å². The average Bonchev–Trinajstić information content (AvgIpc) is 3.14. The lowest BCUT2D eigenvalue weighted by Crippen LogP contribution is -2.15. The highest BCUT2D eigenvalue weighted by Crippen LogP contribution is 2.37. The van der Waals surface area contributed by atoms with Crippen LogP contribution in [0.15, 0.2) is 71.6 Å². The number of carbonyl (C=O) groups excluding carboxylic acids is 1. The van der Waals surface area contributed by atoms with Crippen LogP contribution in [0.25, 0.3) is 22.5 Å². The van der Waals surface area contributed by atoms with Crippen molar-refractivity contribution in [3.63, 3.8) is 0 Å². The number of amides is 1. The van der Waals surface area contributed by atoms with Gasteiger partial charge in [-0.15, -0.1) is 0 Å². The van der Waals surface area contributed by atoms with Crippen LogP contribution in [-0.4, -0.2) is 21.0 Å². The van der Waals surface area contributed by atoms with Gasteiger partial charge in [0.15, 0.2) is 0 Å². The Morgan fingerprint density at radius 2 is 1.90 bits per heavy atom. The minimum absolute atomic E-state index is 0.129. The Hall–Kier alpha value is -3.87. The Morgan fingerprint density at radius 1 is 1.10 bits per heavy atom. The van der Waals surface area contributed by atoms with Gasteiger partial charge in [-0.05, 0) is 30.2 Å². The maximum Gasteiger partial charge on any atom is 0.241 e. The topological polar surface area (TPSA) is 80.9 Å². The third-order valence-corrected chi connectivity index (χ3v) is 4.49. The molecule has 0 aliphatic heterocycles. The number of aryl methyl sites for hydroxylation is 1. The zero-order chi connectivity index (χ0) is 20.2. The van der Waals surface area contributed by atoms with Gasteiger partial charge in [0.05, 0.1) is 17.7 Å². The van der Waals surface area contributed by atoms with Gasteiger partial charge in [0.2, 0.25) is 11.8 Å². The predicted molar refractivity (Wildman–Crippen MR) is 106 cm³/mol. The van der Waals surface area contributed by atoms with E-state index in [1.165, 1.54) is 12.4 Å². The third kappa shape index (κ3) is 3.89. The third-order valence-electron chi connectivity index (χ3n) is 4.49. The molecule has 0 radical (unpaired) electrons. The summed E-state index contributed by atoms with van der Waals surface area (Å²) in [5, 5.41) is 6.88. The number of hydrogen-bond acceptors (Lipinski definition) is 5. The number of hydrogen-bond donors (Lipinski definition) is 1. The average molecular weight is 388 g/mol. The molecule has 2 aromatic heterocycles. The summed E-state index contributed by atoms with van der Waals surface area (Å²) in [7, 11) is 0. The van der Waals surface area contributed by atoms with Crippen molar-refractivity contribution in [2.45, 2.75) is 13.3 Å². The second-order valence-corrected chi connectivity index (χ2v) is 6.46. The van der Waals surface area contributed by atoms with E-state index in [-0.39, 0.29) is 12.3 Å². The number of halogens is 1. The summed E-state index contributed by atoms with van der Waals surface area (Å²) in [5.41, 5.74) is 3.82. The second-order valence-electron chi connectivity index (χ2n) is 6.46. The van der Waals surface area contributed by atoms with E-state index in [2.05, 4.69) is 20.4 Å². The zero-order valence-electron chi connectivity index (χ0n) is 15.6. The van der Waals surface area contributed by atoms with Gasteiger partial charge in [-0.1, -0.05) is 47.6 Å². The lowest BCUT2D eigenvalue weighted by atomic mass is 10.0. The summed E-state index contributed by atoms with van der Waals surface area (Å²) in [6, 6.07) is 15.6. The Balaban J connectivity index is 1.71. The van der Waals surface area contributed by atoms with E-state index in [1.54, 1.807) is 30.5 Å². The van der Waals surface area contributed by atoms with Crippen molar-refractivity contribution in [1.29, 1.82) is 0 Å². The van der Waals surface area contributed by atoms with Gasteiger partial charge in [-0.3, -0.25) is 10.1 Å². The highest BCUT2D eigenvalue weighted by atomic mass is 19.1. The largest absolute Gasteiger partial charge is 0.337 e. The molecule has 2 heterocycles. The van der Waals surface area contributed by atoms with E-state index < -0.39 is 11.7 Å². The van der Waals surface area contributed by atoms with Gasteiger partial charge in [0, 0.05) is 11.8 Å². The minimum Gasteiger partial charge on any atom is -0.337 e. The van der Waals surface area contributed by atoms with Crippen LogP contribution in [0, 0.1) is 12.7 Å².